The molecule has 0 bridgehead atoms. The predicted molar refractivity (Wildman–Crippen MR) is 189 cm³/mol. The smallest absolute Gasteiger partial charge is 0.410 e. The van der Waals surface area contributed by atoms with E-state index in [-0.39, 0.29) is 23.9 Å². The molecule has 52 heavy (non-hydrogen) atoms. The van der Waals surface area contributed by atoms with Gasteiger partial charge in [-0.2, -0.15) is 0 Å². The molecule has 0 radical (unpaired) electrons. The number of methoxy groups -OCH3 is 1. The summed E-state index contributed by atoms with van der Waals surface area (Å²) in [7, 11) is 1.28. The summed E-state index contributed by atoms with van der Waals surface area (Å²) in [4.78, 5) is 48.3. The van der Waals surface area contributed by atoms with Crippen molar-refractivity contribution >= 4 is 18.2 Å². The third-order valence-corrected chi connectivity index (χ3v) is 8.52. The van der Waals surface area contributed by atoms with Gasteiger partial charge in [0.2, 0.25) is 11.8 Å². The summed E-state index contributed by atoms with van der Waals surface area (Å²) in [5, 5.41) is 11.9. The van der Waals surface area contributed by atoms with E-state index in [0.717, 1.165) is 25.7 Å². The number of aliphatic hydroxyl groups is 1. The van der Waals surface area contributed by atoms with Gasteiger partial charge in [0.1, 0.15) is 41.5 Å². The number of hydrogen-bond acceptors (Lipinski definition) is 11. The van der Waals surface area contributed by atoms with Gasteiger partial charge in [-0.1, -0.05) is 60.7 Å². The quantitative estimate of drug-likeness (QED) is 0.155. The monoisotopic (exact) mass is 716 g/mol. The molecule has 2 aromatic heterocycles. The molecule has 2 aliphatic heterocycles. The number of aromatic nitrogens is 2. The van der Waals surface area contributed by atoms with Crippen LogP contribution in [0.1, 0.15) is 118 Å². The van der Waals surface area contributed by atoms with Gasteiger partial charge in [0.25, 0.3) is 0 Å². The van der Waals surface area contributed by atoms with Crippen LogP contribution in [0.3, 0.4) is 0 Å². The van der Waals surface area contributed by atoms with Crippen LogP contribution in [0.4, 0.5) is 9.59 Å². The molecule has 278 valence electrons. The highest BCUT2D eigenvalue weighted by Gasteiger charge is 2.41. The molecule has 0 saturated carbocycles. The number of esters is 1. The molecule has 2 atom stereocenters. The average molecular weight is 717 g/mol. The Kier molecular flexibility index (Phi) is 11.4. The predicted octanol–water partition coefficient (Wildman–Crippen LogP) is 7.56. The lowest BCUT2D eigenvalue weighted by atomic mass is 9.84. The van der Waals surface area contributed by atoms with Crippen LogP contribution in [-0.4, -0.2) is 74.4 Å². The van der Waals surface area contributed by atoms with Gasteiger partial charge in [0.15, 0.2) is 11.3 Å². The molecule has 0 aliphatic carbocycles. The fourth-order valence-electron chi connectivity index (χ4n) is 6.19. The van der Waals surface area contributed by atoms with Crippen LogP contribution in [0.5, 0.6) is 0 Å². The minimum atomic E-state index is -1.47. The Labute approximate surface area is 303 Å². The van der Waals surface area contributed by atoms with E-state index in [1.165, 1.54) is 19.6 Å². The molecule has 6 rings (SSSR count). The Morgan fingerprint density at radius 3 is 1.60 bits per heavy atom. The van der Waals surface area contributed by atoms with E-state index >= 15 is 0 Å². The Balaban J connectivity index is 0.000000217. The van der Waals surface area contributed by atoms with Gasteiger partial charge in [-0.05, 0) is 78.4 Å². The van der Waals surface area contributed by atoms with Gasteiger partial charge in [-0.25, -0.2) is 24.4 Å². The van der Waals surface area contributed by atoms with Gasteiger partial charge < -0.3 is 28.2 Å². The lowest BCUT2D eigenvalue weighted by Crippen LogP contribution is -2.36. The van der Waals surface area contributed by atoms with Crippen molar-refractivity contribution in [1.29, 1.82) is 0 Å². The van der Waals surface area contributed by atoms with E-state index in [1.807, 2.05) is 102 Å². The highest BCUT2D eigenvalue weighted by Crippen LogP contribution is 2.39. The highest BCUT2D eigenvalue weighted by molar-refractivity contribution is 5.86. The van der Waals surface area contributed by atoms with Crippen LogP contribution in [0.25, 0.3) is 0 Å². The Morgan fingerprint density at radius 2 is 1.15 bits per heavy atom. The first kappa shape index (κ1) is 38.1. The van der Waals surface area contributed by atoms with Crippen LogP contribution >= 0.6 is 0 Å². The SMILES string of the molecule is CC(C)(C)OC(=O)N1CCC[C@H]1c1nc(C(O)(c2ccccc2)c2ccccc2)co1.COC(=O)c1coc([C@@H]2CCCN2C(=O)OC(C)(C)C)n1. The van der Waals surface area contributed by atoms with Crippen LogP contribution in [-0.2, 0) is 19.8 Å². The van der Waals surface area contributed by atoms with Gasteiger partial charge in [-0.3, -0.25) is 9.80 Å². The molecule has 2 aliphatic rings. The largest absolute Gasteiger partial charge is 0.464 e. The number of benzene rings is 2. The van der Waals surface area contributed by atoms with Crippen molar-refractivity contribution in [3.63, 3.8) is 0 Å². The van der Waals surface area contributed by atoms with Crippen molar-refractivity contribution in [2.75, 3.05) is 20.2 Å². The molecule has 4 aromatic rings. The maximum Gasteiger partial charge on any atom is 0.410 e. The Morgan fingerprint density at radius 1 is 0.712 bits per heavy atom. The summed E-state index contributed by atoms with van der Waals surface area (Å²) in [5.74, 6) is 0.175. The van der Waals surface area contributed by atoms with Crippen molar-refractivity contribution < 1.29 is 42.5 Å². The standard InChI is InChI=1S/C25H28N2O4.C14H20N2O5/c1-24(2,3)31-23(28)27-16-10-15-20(27)22-26-21(17-30-22)25(29,18-11-6-4-7-12-18)19-13-8-5-9-14-19;1-14(2,3)21-13(18)16-7-5-6-10(16)11-15-9(8-20-11)12(17)19-4/h4-9,11-14,17,20,29H,10,15-16H2,1-3H3;8,10H,5-7H2,1-4H3/t20-;10-/m00/s1. The molecule has 1 N–H and O–H groups in total. The topological polar surface area (TPSA) is 158 Å². The molecule has 0 unspecified atom stereocenters. The Bertz CT molecular complexity index is 1770. The van der Waals surface area contributed by atoms with Crippen molar-refractivity contribution in [2.45, 2.75) is 96.1 Å². The number of likely N-dealkylation sites (tertiary alicyclic amines) is 2. The number of nitrogens with zero attached hydrogens (tertiary/aromatic N) is 4. The second kappa shape index (κ2) is 15.6. The van der Waals surface area contributed by atoms with Crippen LogP contribution < -0.4 is 0 Å². The number of hydrogen-bond donors (Lipinski definition) is 1. The first-order chi connectivity index (χ1) is 24.6. The molecule has 4 heterocycles. The van der Waals surface area contributed by atoms with Crippen LogP contribution in [0.15, 0.2) is 82.0 Å². The molecule has 0 spiro atoms. The average Bonchev–Trinajstić information content (AvgIpc) is 3.93. The van der Waals surface area contributed by atoms with Gasteiger partial charge in [-0.15, -0.1) is 0 Å². The number of ether oxygens (including phenoxy) is 3. The summed E-state index contributed by atoms with van der Waals surface area (Å²) in [6.07, 6.45) is 5.07. The second-order valence-corrected chi connectivity index (χ2v) is 14.7. The maximum absolute atomic E-state index is 12.7. The van der Waals surface area contributed by atoms with E-state index in [2.05, 4.69) is 14.7 Å². The maximum atomic E-state index is 12.7. The second-order valence-electron chi connectivity index (χ2n) is 14.7. The lowest BCUT2D eigenvalue weighted by Gasteiger charge is -2.28. The number of amides is 2. The minimum absolute atomic E-state index is 0.100. The summed E-state index contributed by atoms with van der Waals surface area (Å²) in [6, 6.07) is 18.2. The molecule has 2 amide bonds. The van der Waals surface area contributed by atoms with Crippen molar-refractivity contribution in [3.8, 4) is 0 Å². The number of rotatable bonds is 6. The summed E-state index contributed by atoms with van der Waals surface area (Å²) in [6.45, 7) is 12.1. The fraction of sp³-hybridized carbons (Fsp3) is 0.462. The first-order valence-electron chi connectivity index (χ1n) is 17.4. The van der Waals surface area contributed by atoms with Gasteiger partial charge in [0.05, 0.1) is 7.11 Å². The van der Waals surface area contributed by atoms with E-state index in [0.29, 0.717) is 41.7 Å². The normalized spacial score (nSPS) is 17.7. The zero-order valence-corrected chi connectivity index (χ0v) is 30.8. The molecule has 13 heteroatoms. The zero-order valence-electron chi connectivity index (χ0n) is 30.8. The van der Waals surface area contributed by atoms with Crippen LogP contribution in [0.2, 0.25) is 0 Å². The third kappa shape index (κ3) is 8.82. The van der Waals surface area contributed by atoms with Crippen molar-refractivity contribution in [2.24, 2.45) is 0 Å². The van der Waals surface area contributed by atoms with E-state index < -0.39 is 28.9 Å². The van der Waals surface area contributed by atoms with E-state index in [9.17, 15) is 19.5 Å². The van der Waals surface area contributed by atoms with Gasteiger partial charge in [0, 0.05) is 13.1 Å². The zero-order chi connectivity index (χ0) is 37.7. The first-order valence-corrected chi connectivity index (χ1v) is 17.4. The van der Waals surface area contributed by atoms with Crippen molar-refractivity contribution in [1.82, 2.24) is 19.8 Å². The summed E-state index contributed by atoms with van der Waals surface area (Å²) in [5.41, 5.74) is -0.739. The fourth-order valence-corrected chi connectivity index (χ4v) is 6.19. The number of carbonyl (C=O) groups excluding carboxylic acids is 3. The number of oxazole rings is 2. The minimum Gasteiger partial charge on any atom is -0.464 e. The molecule has 2 fully saturated rings. The highest BCUT2D eigenvalue weighted by atomic mass is 16.6. The lowest BCUT2D eigenvalue weighted by molar-refractivity contribution is 0.0194. The molecular weight excluding hydrogens is 668 g/mol. The number of carbonyl (C=O) groups is 3. The van der Waals surface area contributed by atoms with Crippen molar-refractivity contribution in [3.05, 3.63) is 107 Å². The molecular formula is C39H48N4O9. The molecule has 13 nitrogen and oxygen atoms in total. The van der Waals surface area contributed by atoms with E-state index in [4.69, 9.17) is 18.3 Å². The molecule has 2 aromatic carbocycles. The summed E-state index contributed by atoms with van der Waals surface area (Å²) < 4.78 is 26.7. The Hall–Kier alpha value is -5.17. The molecule has 2 saturated heterocycles. The summed E-state index contributed by atoms with van der Waals surface area (Å²) >= 11 is 0. The third-order valence-electron chi connectivity index (χ3n) is 8.52. The van der Waals surface area contributed by atoms with E-state index in [1.54, 1.807) is 9.80 Å². The van der Waals surface area contributed by atoms with Crippen LogP contribution in [0, 0.1) is 0 Å². The van der Waals surface area contributed by atoms with Gasteiger partial charge >= 0.3 is 18.2 Å².